The molecule has 1 heteroatoms. The Balaban J connectivity index is 2.55. The van der Waals surface area contributed by atoms with Crippen LogP contribution in [0.1, 0.15) is 73.1 Å². The largest absolute Gasteiger partial charge is 0.311 e. The van der Waals surface area contributed by atoms with E-state index in [1.807, 2.05) is 0 Å². The third-order valence-electron chi connectivity index (χ3n) is 4.60. The molecule has 1 fully saturated rings. The first-order chi connectivity index (χ1) is 8.08. The summed E-state index contributed by atoms with van der Waals surface area (Å²) in [5, 5.41) is 3.97. The van der Waals surface area contributed by atoms with E-state index >= 15 is 0 Å². The predicted octanol–water partition coefficient (Wildman–Crippen LogP) is 4.62. The zero-order valence-electron chi connectivity index (χ0n) is 12.6. The molecule has 0 bridgehead atoms. The van der Waals surface area contributed by atoms with E-state index in [0.29, 0.717) is 0 Å². The summed E-state index contributed by atoms with van der Waals surface area (Å²) in [6, 6.07) is 1.52. The molecule has 1 nitrogen and oxygen atoms in total. The number of hydrogen-bond acceptors (Lipinski definition) is 1. The third kappa shape index (κ3) is 4.62. The fraction of sp³-hybridized carbons (Fsp3) is 1.00. The Hall–Kier alpha value is -0.0400. The highest BCUT2D eigenvalue weighted by molar-refractivity contribution is 4.87. The van der Waals surface area contributed by atoms with E-state index < -0.39 is 0 Å². The summed E-state index contributed by atoms with van der Waals surface area (Å²) in [5.74, 6) is 2.65. The van der Waals surface area contributed by atoms with Crippen LogP contribution in [-0.2, 0) is 0 Å². The van der Waals surface area contributed by atoms with Crippen LogP contribution in [0.2, 0.25) is 0 Å². The molecule has 0 heterocycles. The molecular formula is C16H33N. The number of rotatable bonds is 6. The topological polar surface area (TPSA) is 12.0 Å². The molecule has 0 amide bonds. The van der Waals surface area contributed by atoms with Crippen LogP contribution in [0.3, 0.4) is 0 Å². The van der Waals surface area contributed by atoms with Gasteiger partial charge in [0, 0.05) is 12.1 Å². The summed E-state index contributed by atoms with van der Waals surface area (Å²) in [6.45, 7) is 11.8. The monoisotopic (exact) mass is 239 g/mol. The van der Waals surface area contributed by atoms with Crippen LogP contribution in [0.4, 0.5) is 0 Å². The summed E-state index contributed by atoms with van der Waals surface area (Å²) in [5.41, 5.74) is 0. The molecule has 0 aromatic carbocycles. The van der Waals surface area contributed by atoms with Crippen molar-refractivity contribution in [1.29, 1.82) is 0 Å². The van der Waals surface area contributed by atoms with Gasteiger partial charge in [-0.1, -0.05) is 47.5 Å². The van der Waals surface area contributed by atoms with Gasteiger partial charge in [-0.25, -0.2) is 0 Å². The molecule has 0 aromatic rings. The molecule has 4 atom stereocenters. The van der Waals surface area contributed by atoms with Crippen molar-refractivity contribution in [2.24, 2.45) is 17.8 Å². The van der Waals surface area contributed by atoms with Gasteiger partial charge in [0.15, 0.2) is 0 Å². The molecule has 4 unspecified atom stereocenters. The highest BCUT2D eigenvalue weighted by atomic mass is 15.0. The van der Waals surface area contributed by atoms with E-state index in [2.05, 4.69) is 39.9 Å². The summed E-state index contributed by atoms with van der Waals surface area (Å²) in [7, 11) is 0. The molecule has 17 heavy (non-hydrogen) atoms. The normalized spacial score (nSPS) is 31.8. The summed E-state index contributed by atoms with van der Waals surface area (Å²) >= 11 is 0. The van der Waals surface area contributed by atoms with Gasteiger partial charge >= 0.3 is 0 Å². The standard InChI is InChI=1S/C16H33N/c1-6-8-14(7-2)17-16-11-13(5)9-10-15(16)12(3)4/h12-17H,6-11H2,1-5H3. The van der Waals surface area contributed by atoms with Crippen LogP contribution in [0, 0.1) is 17.8 Å². The maximum Gasteiger partial charge on any atom is 0.0103 e. The van der Waals surface area contributed by atoms with Crippen molar-refractivity contribution in [3.63, 3.8) is 0 Å². The molecule has 1 N–H and O–H groups in total. The summed E-state index contributed by atoms with van der Waals surface area (Å²) in [4.78, 5) is 0. The Labute approximate surface area is 109 Å². The highest BCUT2D eigenvalue weighted by Crippen LogP contribution is 2.33. The van der Waals surface area contributed by atoms with E-state index in [-0.39, 0.29) is 0 Å². The second-order valence-electron chi connectivity index (χ2n) is 6.49. The van der Waals surface area contributed by atoms with Gasteiger partial charge in [-0.05, 0) is 43.4 Å². The van der Waals surface area contributed by atoms with E-state index in [1.54, 1.807) is 0 Å². The maximum atomic E-state index is 3.97. The molecule has 0 aliphatic heterocycles. The molecular weight excluding hydrogens is 206 g/mol. The first-order valence-electron chi connectivity index (χ1n) is 7.84. The number of nitrogens with one attached hydrogen (secondary N) is 1. The third-order valence-corrected chi connectivity index (χ3v) is 4.60. The lowest BCUT2D eigenvalue weighted by molar-refractivity contribution is 0.156. The Morgan fingerprint density at radius 2 is 1.88 bits per heavy atom. The maximum absolute atomic E-state index is 3.97. The molecule has 1 rings (SSSR count). The molecule has 102 valence electrons. The Morgan fingerprint density at radius 3 is 2.41 bits per heavy atom. The lowest BCUT2D eigenvalue weighted by atomic mass is 9.73. The van der Waals surface area contributed by atoms with Crippen molar-refractivity contribution < 1.29 is 0 Å². The molecule has 1 aliphatic carbocycles. The zero-order valence-corrected chi connectivity index (χ0v) is 12.6. The predicted molar refractivity (Wildman–Crippen MR) is 77.3 cm³/mol. The van der Waals surface area contributed by atoms with Crippen LogP contribution in [-0.4, -0.2) is 12.1 Å². The van der Waals surface area contributed by atoms with E-state index in [1.165, 1.54) is 38.5 Å². The van der Waals surface area contributed by atoms with Gasteiger partial charge in [0.05, 0.1) is 0 Å². The minimum absolute atomic E-state index is 0.747. The van der Waals surface area contributed by atoms with Crippen LogP contribution in [0.15, 0.2) is 0 Å². The summed E-state index contributed by atoms with van der Waals surface area (Å²) in [6.07, 6.45) is 8.18. The summed E-state index contributed by atoms with van der Waals surface area (Å²) < 4.78 is 0. The molecule has 0 radical (unpaired) electrons. The average molecular weight is 239 g/mol. The second kappa shape index (κ2) is 7.41. The average Bonchev–Trinajstić information content (AvgIpc) is 2.28. The minimum Gasteiger partial charge on any atom is -0.311 e. The second-order valence-corrected chi connectivity index (χ2v) is 6.49. The molecule has 0 saturated heterocycles. The fourth-order valence-corrected chi connectivity index (χ4v) is 3.45. The van der Waals surface area contributed by atoms with Crippen molar-refractivity contribution in [1.82, 2.24) is 5.32 Å². The van der Waals surface area contributed by atoms with Crippen LogP contribution in [0.25, 0.3) is 0 Å². The quantitative estimate of drug-likeness (QED) is 0.713. The smallest absolute Gasteiger partial charge is 0.0103 e. The first-order valence-corrected chi connectivity index (χ1v) is 7.84. The van der Waals surface area contributed by atoms with E-state index in [4.69, 9.17) is 0 Å². The van der Waals surface area contributed by atoms with Crippen LogP contribution in [0.5, 0.6) is 0 Å². The number of hydrogen-bond donors (Lipinski definition) is 1. The molecule has 1 saturated carbocycles. The highest BCUT2D eigenvalue weighted by Gasteiger charge is 2.31. The first kappa shape index (κ1) is 15.0. The Bertz CT molecular complexity index is 200. The minimum atomic E-state index is 0.747. The van der Waals surface area contributed by atoms with E-state index in [0.717, 1.165) is 29.8 Å². The van der Waals surface area contributed by atoms with Gasteiger partial charge in [0.1, 0.15) is 0 Å². The van der Waals surface area contributed by atoms with Gasteiger partial charge < -0.3 is 5.32 Å². The fourth-order valence-electron chi connectivity index (χ4n) is 3.45. The van der Waals surface area contributed by atoms with E-state index in [9.17, 15) is 0 Å². The van der Waals surface area contributed by atoms with Crippen molar-refractivity contribution in [2.45, 2.75) is 85.2 Å². The Morgan fingerprint density at radius 1 is 1.18 bits per heavy atom. The zero-order chi connectivity index (χ0) is 12.8. The van der Waals surface area contributed by atoms with Crippen LogP contribution >= 0.6 is 0 Å². The van der Waals surface area contributed by atoms with Gasteiger partial charge in [-0.2, -0.15) is 0 Å². The van der Waals surface area contributed by atoms with Crippen molar-refractivity contribution in [3.05, 3.63) is 0 Å². The lowest BCUT2D eigenvalue weighted by Gasteiger charge is -2.40. The van der Waals surface area contributed by atoms with Gasteiger partial charge in [0.25, 0.3) is 0 Å². The molecule has 1 aliphatic rings. The Kier molecular flexibility index (Phi) is 6.54. The van der Waals surface area contributed by atoms with Crippen LogP contribution < -0.4 is 5.32 Å². The lowest BCUT2D eigenvalue weighted by Crippen LogP contribution is -2.47. The SMILES string of the molecule is CCCC(CC)NC1CC(C)CCC1C(C)C. The van der Waals surface area contributed by atoms with Gasteiger partial charge in [-0.15, -0.1) is 0 Å². The van der Waals surface area contributed by atoms with Crippen molar-refractivity contribution >= 4 is 0 Å². The molecule has 0 spiro atoms. The van der Waals surface area contributed by atoms with Gasteiger partial charge in [0.2, 0.25) is 0 Å². The van der Waals surface area contributed by atoms with Crippen molar-refractivity contribution in [3.8, 4) is 0 Å². The van der Waals surface area contributed by atoms with Gasteiger partial charge in [-0.3, -0.25) is 0 Å². The van der Waals surface area contributed by atoms with Crippen molar-refractivity contribution in [2.75, 3.05) is 0 Å². The molecule has 0 aromatic heterocycles.